The van der Waals surface area contributed by atoms with E-state index in [0.717, 1.165) is 5.75 Å². The highest BCUT2D eigenvalue weighted by Crippen LogP contribution is 2.14. The summed E-state index contributed by atoms with van der Waals surface area (Å²) in [5.41, 5.74) is 0. The third-order valence-electron chi connectivity index (χ3n) is 1.83. The van der Waals surface area contributed by atoms with Crippen molar-refractivity contribution in [2.24, 2.45) is 0 Å². The van der Waals surface area contributed by atoms with Crippen molar-refractivity contribution >= 4 is 20.7 Å². The van der Waals surface area contributed by atoms with E-state index in [4.69, 9.17) is 0 Å². The van der Waals surface area contributed by atoms with Crippen molar-refractivity contribution < 1.29 is 0 Å². The Balaban J connectivity index is 3.02. The molecule has 11 heavy (non-hydrogen) atoms. The molecule has 0 aromatic heterocycles. The van der Waals surface area contributed by atoms with Gasteiger partial charge in [-0.15, -0.1) is 0 Å². The molecule has 0 aliphatic heterocycles. The van der Waals surface area contributed by atoms with Gasteiger partial charge in [0.05, 0.1) is 0 Å². The van der Waals surface area contributed by atoms with Crippen LogP contribution in [0.5, 0.6) is 0 Å². The van der Waals surface area contributed by atoms with Crippen LogP contribution in [-0.4, -0.2) is 13.8 Å². The SMILES string of the molecule is C[Si](C)(C)CCCCCCS. The molecule has 0 radical (unpaired) electrons. The van der Waals surface area contributed by atoms with Crippen LogP contribution in [0.25, 0.3) is 0 Å². The van der Waals surface area contributed by atoms with E-state index in [1.165, 1.54) is 31.7 Å². The number of unbranched alkanes of at least 4 members (excludes halogenated alkanes) is 3. The largest absolute Gasteiger partial charge is 0.179 e. The predicted octanol–water partition coefficient (Wildman–Crippen LogP) is 3.81. The van der Waals surface area contributed by atoms with Gasteiger partial charge in [0.1, 0.15) is 0 Å². The molecule has 0 saturated carbocycles. The van der Waals surface area contributed by atoms with E-state index in [-0.39, 0.29) is 0 Å². The summed E-state index contributed by atoms with van der Waals surface area (Å²) in [6.07, 6.45) is 5.55. The van der Waals surface area contributed by atoms with Gasteiger partial charge in [-0.1, -0.05) is 44.9 Å². The first-order valence-corrected chi connectivity index (χ1v) is 9.01. The third kappa shape index (κ3) is 10.6. The minimum Gasteiger partial charge on any atom is -0.179 e. The maximum atomic E-state index is 4.19. The summed E-state index contributed by atoms with van der Waals surface area (Å²) in [7, 11) is -0.736. The molecule has 0 atom stereocenters. The summed E-state index contributed by atoms with van der Waals surface area (Å²) >= 11 is 4.19. The van der Waals surface area contributed by atoms with Gasteiger partial charge in [0.15, 0.2) is 0 Å². The lowest BCUT2D eigenvalue weighted by atomic mass is 10.2. The number of thiol groups is 1. The van der Waals surface area contributed by atoms with Gasteiger partial charge >= 0.3 is 0 Å². The maximum absolute atomic E-state index is 4.19. The van der Waals surface area contributed by atoms with Gasteiger partial charge in [-0.3, -0.25) is 0 Å². The molecule has 0 N–H and O–H groups in total. The molecule has 0 spiro atoms. The molecule has 0 aromatic carbocycles. The van der Waals surface area contributed by atoms with E-state index in [0.29, 0.717) is 0 Å². The van der Waals surface area contributed by atoms with E-state index in [9.17, 15) is 0 Å². The quantitative estimate of drug-likeness (QED) is 0.367. The van der Waals surface area contributed by atoms with Gasteiger partial charge in [0.2, 0.25) is 0 Å². The van der Waals surface area contributed by atoms with E-state index >= 15 is 0 Å². The lowest BCUT2D eigenvalue weighted by molar-refractivity contribution is 0.702. The first-order chi connectivity index (χ1) is 5.06. The molecule has 0 aliphatic carbocycles. The van der Waals surface area contributed by atoms with Gasteiger partial charge in [-0.25, -0.2) is 0 Å². The second kappa shape index (κ2) is 6.12. The maximum Gasteiger partial charge on any atom is 0.0442 e. The Labute approximate surface area is 78.2 Å². The normalized spacial score (nSPS) is 12.0. The molecule has 0 bridgehead atoms. The van der Waals surface area contributed by atoms with Crippen molar-refractivity contribution in [2.45, 2.75) is 51.4 Å². The van der Waals surface area contributed by atoms with Crippen molar-refractivity contribution in [2.75, 3.05) is 5.75 Å². The van der Waals surface area contributed by atoms with Crippen LogP contribution in [0.1, 0.15) is 25.7 Å². The second-order valence-corrected chi connectivity index (χ2v) is 10.5. The molecule has 68 valence electrons. The summed E-state index contributed by atoms with van der Waals surface area (Å²) < 4.78 is 0. The minimum absolute atomic E-state index is 0.736. The smallest absolute Gasteiger partial charge is 0.0442 e. The predicted molar refractivity (Wildman–Crippen MR) is 60.5 cm³/mol. The molecule has 0 rings (SSSR count). The summed E-state index contributed by atoms with van der Waals surface area (Å²) in [6.45, 7) is 7.35. The van der Waals surface area contributed by atoms with Crippen LogP contribution < -0.4 is 0 Å². The zero-order valence-electron chi connectivity index (χ0n) is 8.19. The van der Waals surface area contributed by atoms with E-state index in [1.54, 1.807) is 0 Å². The number of hydrogen-bond acceptors (Lipinski definition) is 1. The first-order valence-electron chi connectivity index (χ1n) is 4.67. The van der Waals surface area contributed by atoms with Crippen molar-refractivity contribution in [3.05, 3.63) is 0 Å². The van der Waals surface area contributed by atoms with Gasteiger partial charge in [0, 0.05) is 8.07 Å². The fourth-order valence-corrected chi connectivity index (χ4v) is 2.65. The molecule has 0 saturated heterocycles. The van der Waals surface area contributed by atoms with Gasteiger partial charge in [-0.05, 0) is 12.2 Å². The summed E-state index contributed by atoms with van der Waals surface area (Å²) in [6, 6.07) is 1.50. The Morgan fingerprint density at radius 1 is 0.909 bits per heavy atom. The van der Waals surface area contributed by atoms with Crippen LogP contribution in [0.15, 0.2) is 0 Å². The van der Waals surface area contributed by atoms with E-state index < -0.39 is 8.07 Å². The number of hydrogen-bond donors (Lipinski definition) is 1. The Hall–Kier alpha value is 0.567. The lowest BCUT2D eigenvalue weighted by Gasteiger charge is -2.14. The van der Waals surface area contributed by atoms with Crippen LogP contribution in [-0.2, 0) is 0 Å². The highest BCUT2D eigenvalue weighted by Gasteiger charge is 2.10. The molecular weight excluding hydrogens is 168 g/mol. The molecule has 0 nitrogen and oxygen atoms in total. The van der Waals surface area contributed by atoms with Gasteiger partial charge < -0.3 is 0 Å². The topological polar surface area (TPSA) is 0 Å². The standard InChI is InChI=1S/C9H22SSi/c1-11(2,3)9-7-5-4-6-8-10/h10H,4-9H2,1-3H3. The van der Waals surface area contributed by atoms with Crippen molar-refractivity contribution in [3.63, 3.8) is 0 Å². The summed E-state index contributed by atoms with van der Waals surface area (Å²) in [4.78, 5) is 0. The van der Waals surface area contributed by atoms with Crippen LogP contribution in [0, 0.1) is 0 Å². The van der Waals surface area contributed by atoms with Gasteiger partial charge in [0.25, 0.3) is 0 Å². The minimum atomic E-state index is -0.736. The van der Waals surface area contributed by atoms with Crippen molar-refractivity contribution in [1.82, 2.24) is 0 Å². The van der Waals surface area contributed by atoms with E-state index in [2.05, 4.69) is 32.3 Å². The molecule has 0 heterocycles. The average molecular weight is 190 g/mol. The molecule has 0 fully saturated rings. The first kappa shape index (κ1) is 11.6. The second-order valence-electron chi connectivity index (χ2n) is 4.45. The molecule has 0 unspecified atom stereocenters. The Morgan fingerprint density at radius 3 is 1.91 bits per heavy atom. The zero-order chi connectivity index (χ0) is 8.74. The highest BCUT2D eigenvalue weighted by molar-refractivity contribution is 7.80. The lowest BCUT2D eigenvalue weighted by Crippen LogP contribution is -2.18. The molecular formula is C9H22SSi. The van der Waals surface area contributed by atoms with Crippen LogP contribution in [0.3, 0.4) is 0 Å². The molecule has 0 aromatic rings. The highest BCUT2D eigenvalue weighted by atomic mass is 32.1. The van der Waals surface area contributed by atoms with Gasteiger partial charge in [-0.2, -0.15) is 12.6 Å². The van der Waals surface area contributed by atoms with Crippen molar-refractivity contribution in [3.8, 4) is 0 Å². The van der Waals surface area contributed by atoms with Crippen LogP contribution >= 0.6 is 12.6 Å². The zero-order valence-corrected chi connectivity index (χ0v) is 10.1. The van der Waals surface area contributed by atoms with Crippen molar-refractivity contribution in [1.29, 1.82) is 0 Å². The Morgan fingerprint density at radius 2 is 1.45 bits per heavy atom. The van der Waals surface area contributed by atoms with E-state index in [1.807, 2.05) is 0 Å². The fourth-order valence-electron chi connectivity index (χ4n) is 1.12. The van der Waals surface area contributed by atoms with Crippen LogP contribution in [0.2, 0.25) is 25.7 Å². The number of rotatable bonds is 6. The Kier molecular flexibility index (Phi) is 6.44. The summed E-state index contributed by atoms with van der Waals surface area (Å²) in [5, 5.41) is 0. The van der Waals surface area contributed by atoms with Crippen LogP contribution in [0.4, 0.5) is 0 Å². The molecule has 0 amide bonds. The molecule has 2 heteroatoms. The third-order valence-corrected chi connectivity index (χ3v) is 4.00. The monoisotopic (exact) mass is 190 g/mol. The molecule has 0 aliphatic rings. The fraction of sp³-hybridized carbons (Fsp3) is 1.00. The Bertz CT molecular complexity index is 86.1. The average Bonchev–Trinajstić information content (AvgIpc) is 1.85. The summed E-state index contributed by atoms with van der Waals surface area (Å²) in [5.74, 6) is 1.06.